The van der Waals surface area contributed by atoms with Gasteiger partial charge in [-0.2, -0.15) is 5.26 Å². The summed E-state index contributed by atoms with van der Waals surface area (Å²) < 4.78 is 9.92. The van der Waals surface area contributed by atoms with Gasteiger partial charge >= 0.3 is 23.7 Å². The highest BCUT2D eigenvalue weighted by atomic mass is 16.7. The largest absolute Gasteiger partial charge is 0.446 e. The number of urea groups is 1. The van der Waals surface area contributed by atoms with Crippen molar-refractivity contribution < 1.29 is 28.7 Å². The first kappa shape index (κ1) is 20.9. The number of hydrogen-bond donors (Lipinski definition) is 1. The van der Waals surface area contributed by atoms with E-state index in [1.54, 1.807) is 4.90 Å². The maximum atomic E-state index is 12.6. The number of hydrogen-bond acceptors (Lipinski definition) is 8. The summed E-state index contributed by atoms with van der Waals surface area (Å²) in [7, 11) is 0. The van der Waals surface area contributed by atoms with E-state index in [9.17, 15) is 24.4 Å². The van der Waals surface area contributed by atoms with Gasteiger partial charge in [0.15, 0.2) is 6.10 Å². The molecule has 2 atom stereocenters. The van der Waals surface area contributed by atoms with Crippen molar-refractivity contribution in [2.75, 3.05) is 45.8 Å². The Kier molecular flexibility index (Phi) is 6.22. The fourth-order valence-corrected chi connectivity index (χ4v) is 3.77. The van der Waals surface area contributed by atoms with Gasteiger partial charge in [-0.1, -0.05) is 13.3 Å². The Morgan fingerprint density at radius 1 is 1.21 bits per heavy atom. The fraction of sp³-hybridized carbons (Fsp3) is 0.722. The number of ether oxygens (including phenoxy) is 2. The van der Waals surface area contributed by atoms with E-state index in [1.165, 1.54) is 0 Å². The normalized spacial score (nSPS) is 26.3. The molecule has 3 heterocycles. The molecule has 0 aromatic rings. The first-order chi connectivity index (χ1) is 13.9. The molecule has 3 fully saturated rings. The summed E-state index contributed by atoms with van der Waals surface area (Å²) in [5.74, 6) is -2.88. The quantitative estimate of drug-likeness (QED) is 0.309. The van der Waals surface area contributed by atoms with Crippen LogP contribution >= 0.6 is 0 Å². The van der Waals surface area contributed by atoms with Crippen molar-refractivity contribution in [3.8, 4) is 6.07 Å². The Morgan fingerprint density at radius 3 is 2.62 bits per heavy atom. The first-order valence-electron chi connectivity index (χ1n) is 9.83. The highest BCUT2D eigenvalue weighted by Crippen LogP contribution is 2.36. The molecular weight excluding hydrogens is 382 g/mol. The molecule has 0 aliphatic carbocycles. The van der Waals surface area contributed by atoms with E-state index in [0.29, 0.717) is 26.2 Å². The Labute approximate surface area is 168 Å². The molecule has 0 bridgehead atoms. The van der Waals surface area contributed by atoms with Gasteiger partial charge in [0.25, 0.3) is 0 Å². The van der Waals surface area contributed by atoms with E-state index in [-0.39, 0.29) is 25.5 Å². The van der Waals surface area contributed by atoms with Crippen molar-refractivity contribution in [1.82, 2.24) is 20.0 Å². The molecule has 0 saturated carbocycles. The minimum absolute atomic E-state index is 0.00771. The lowest BCUT2D eigenvalue weighted by atomic mass is 10.1. The third kappa shape index (κ3) is 3.98. The Bertz CT molecular complexity index is 737. The summed E-state index contributed by atoms with van der Waals surface area (Å²) in [4.78, 5) is 52.4. The number of carbonyl (C=O) groups excluding carboxylic acids is 4. The molecule has 0 aromatic heterocycles. The summed E-state index contributed by atoms with van der Waals surface area (Å²) in [6.07, 6.45) is 1.24. The summed E-state index contributed by atoms with van der Waals surface area (Å²) in [6.45, 7) is 5.12. The molecule has 11 heteroatoms. The van der Waals surface area contributed by atoms with Gasteiger partial charge in [-0.3, -0.25) is 9.69 Å². The van der Waals surface area contributed by atoms with Crippen LogP contribution in [-0.4, -0.2) is 96.2 Å². The molecule has 3 amide bonds. The monoisotopic (exact) mass is 407 g/mol. The molecule has 11 nitrogen and oxygen atoms in total. The fourth-order valence-electron chi connectivity index (χ4n) is 3.77. The van der Waals surface area contributed by atoms with Gasteiger partial charge in [-0.15, -0.1) is 0 Å². The average Bonchev–Trinajstić information content (AvgIpc) is 3.24. The number of unbranched alkanes of at least 4 members (excludes halogenated alkanes) is 1. The van der Waals surface area contributed by atoms with Crippen LogP contribution in [0.15, 0.2) is 0 Å². The van der Waals surface area contributed by atoms with Crippen molar-refractivity contribution in [2.24, 2.45) is 0 Å². The molecule has 3 saturated heterocycles. The van der Waals surface area contributed by atoms with Gasteiger partial charge in [0.05, 0.1) is 6.54 Å². The summed E-state index contributed by atoms with van der Waals surface area (Å²) in [5.41, 5.74) is -1.91. The van der Waals surface area contributed by atoms with Crippen LogP contribution in [0, 0.1) is 11.3 Å². The second kappa shape index (κ2) is 8.65. The standard InChI is InChI=1S/C18H25N5O6/c1-2-3-6-21-9-10-22(17(21)27)8-5-20-11-14(24)23-7-4-13-18(23,12-19)29-16(26)15(25)28-13/h13,20H,2-11H2,1H3/t13?,18-/m0/s1. The zero-order valence-electron chi connectivity index (χ0n) is 16.4. The highest BCUT2D eigenvalue weighted by Gasteiger charge is 2.61. The van der Waals surface area contributed by atoms with E-state index in [0.717, 1.165) is 24.3 Å². The van der Waals surface area contributed by atoms with Gasteiger partial charge in [0, 0.05) is 45.7 Å². The molecule has 1 unspecified atom stereocenters. The number of fused-ring (bicyclic) bond motifs is 1. The second-order valence-electron chi connectivity index (χ2n) is 7.21. The zero-order valence-corrected chi connectivity index (χ0v) is 16.4. The van der Waals surface area contributed by atoms with Crippen LogP contribution in [0.4, 0.5) is 4.79 Å². The third-order valence-electron chi connectivity index (χ3n) is 5.38. The van der Waals surface area contributed by atoms with Crippen molar-refractivity contribution in [3.05, 3.63) is 0 Å². The van der Waals surface area contributed by atoms with Crippen molar-refractivity contribution in [1.29, 1.82) is 5.26 Å². The smallest absolute Gasteiger partial charge is 0.420 e. The van der Waals surface area contributed by atoms with Crippen LogP contribution in [-0.2, 0) is 23.9 Å². The number of likely N-dealkylation sites (tertiary alicyclic amines) is 1. The van der Waals surface area contributed by atoms with Gasteiger partial charge in [-0.25, -0.2) is 14.4 Å². The molecule has 29 heavy (non-hydrogen) atoms. The lowest BCUT2D eigenvalue weighted by molar-refractivity contribution is -0.217. The molecule has 0 spiro atoms. The van der Waals surface area contributed by atoms with Crippen LogP contribution in [0.3, 0.4) is 0 Å². The zero-order chi connectivity index (χ0) is 21.0. The number of amides is 3. The summed E-state index contributed by atoms with van der Waals surface area (Å²) in [5, 5.41) is 12.5. The SMILES string of the molecule is CCCCN1CCN(CCNCC(=O)N2CCC3OC(=O)C(=O)O[C@@]32C#N)C1=O. The maximum Gasteiger partial charge on any atom is 0.420 e. The molecule has 0 aromatic carbocycles. The minimum Gasteiger partial charge on any atom is -0.446 e. The third-order valence-corrected chi connectivity index (χ3v) is 5.38. The van der Waals surface area contributed by atoms with Crippen molar-refractivity contribution in [3.63, 3.8) is 0 Å². The first-order valence-corrected chi connectivity index (χ1v) is 9.83. The van der Waals surface area contributed by atoms with Crippen LogP contribution in [0.1, 0.15) is 26.2 Å². The molecule has 3 aliphatic heterocycles. The van der Waals surface area contributed by atoms with Crippen LogP contribution in [0.5, 0.6) is 0 Å². The number of esters is 2. The molecule has 1 N–H and O–H groups in total. The number of nitriles is 1. The van der Waals surface area contributed by atoms with E-state index in [1.807, 2.05) is 11.0 Å². The highest BCUT2D eigenvalue weighted by molar-refractivity contribution is 6.30. The average molecular weight is 407 g/mol. The minimum atomic E-state index is -1.91. The lowest BCUT2D eigenvalue weighted by Crippen LogP contribution is -2.61. The predicted molar refractivity (Wildman–Crippen MR) is 97.0 cm³/mol. The van der Waals surface area contributed by atoms with Gasteiger partial charge < -0.3 is 24.6 Å². The molecular formula is C18H25N5O6. The Balaban J connectivity index is 1.47. The second-order valence-corrected chi connectivity index (χ2v) is 7.21. The Morgan fingerprint density at radius 2 is 1.93 bits per heavy atom. The van der Waals surface area contributed by atoms with Crippen LogP contribution in [0.2, 0.25) is 0 Å². The number of nitrogens with zero attached hydrogens (tertiary/aromatic N) is 4. The molecule has 158 valence electrons. The Hall–Kier alpha value is -2.87. The van der Waals surface area contributed by atoms with E-state index in [2.05, 4.69) is 12.2 Å². The van der Waals surface area contributed by atoms with Crippen LogP contribution in [0.25, 0.3) is 0 Å². The van der Waals surface area contributed by atoms with E-state index >= 15 is 0 Å². The van der Waals surface area contributed by atoms with Crippen molar-refractivity contribution in [2.45, 2.75) is 38.0 Å². The predicted octanol–water partition coefficient (Wildman–Crippen LogP) is -0.966. The van der Waals surface area contributed by atoms with Crippen molar-refractivity contribution >= 4 is 23.9 Å². The number of nitrogens with one attached hydrogen (secondary N) is 1. The van der Waals surface area contributed by atoms with E-state index < -0.39 is 29.7 Å². The van der Waals surface area contributed by atoms with Gasteiger partial charge in [0.2, 0.25) is 5.91 Å². The molecule has 3 aliphatic rings. The number of rotatable bonds is 8. The maximum absolute atomic E-state index is 12.6. The van der Waals surface area contributed by atoms with Crippen LogP contribution < -0.4 is 5.32 Å². The summed E-state index contributed by atoms with van der Waals surface area (Å²) >= 11 is 0. The lowest BCUT2D eigenvalue weighted by Gasteiger charge is -2.37. The van der Waals surface area contributed by atoms with Gasteiger partial charge in [0.1, 0.15) is 6.07 Å². The molecule has 0 radical (unpaired) electrons. The topological polar surface area (TPSA) is 132 Å². The molecule has 3 rings (SSSR count). The summed E-state index contributed by atoms with van der Waals surface area (Å²) in [6, 6.07) is 1.83. The number of carbonyl (C=O) groups is 4. The van der Waals surface area contributed by atoms with E-state index in [4.69, 9.17) is 9.47 Å². The van der Waals surface area contributed by atoms with Gasteiger partial charge in [-0.05, 0) is 6.42 Å².